The molecule has 0 aromatic carbocycles. The summed E-state index contributed by atoms with van der Waals surface area (Å²) in [5, 5.41) is 13.3. The highest BCUT2D eigenvalue weighted by atomic mass is 16.7. The van der Waals surface area contributed by atoms with Crippen LogP contribution in [0, 0.1) is 11.8 Å². The van der Waals surface area contributed by atoms with E-state index in [-0.39, 0.29) is 18.3 Å². The second kappa shape index (κ2) is 11.2. The Balaban J connectivity index is 1.86. The minimum Gasteiger partial charge on any atom is -0.389 e. The van der Waals surface area contributed by atoms with Crippen LogP contribution in [0.3, 0.4) is 0 Å². The lowest BCUT2D eigenvalue weighted by molar-refractivity contribution is -0.324. The van der Waals surface area contributed by atoms with Gasteiger partial charge in [0, 0.05) is 24.3 Å². The molecule has 2 aliphatic rings. The molecule has 0 saturated carbocycles. The van der Waals surface area contributed by atoms with Gasteiger partial charge in [-0.2, -0.15) is 0 Å². The van der Waals surface area contributed by atoms with Gasteiger partial charge >= 0.3 is 0 Å². The van der Waals surface area contributed by atoms with Gasteiger partial charge in [-0.25, -0.2) is 0 Å². The fourth-order valence-electron chi connectivity index (χ4n) is 4.45. The molecule has 0 amide bonds. The SMILES string of the molecule is C/C(=C\[C@H](C)CC[C@@H]1CCC[C@]2(CC[C@H](C)[C@@H](CCCN=[N+]=[N-])O2)O1)C(C)O. The molecule has 6 nitrogen and oxygen atoms in total. The summed E-state index contributed by atoms with van der Waals surface area (Å²) in [6.07, 6.45) is 11.5. The van der Waals surface area contributed by atoms with Gasteiger partial charge in [-0.1, -0.05) is 25.0 Å². The van der Waals surface area contributed by atoms with E-state index in [4.69, 9.17) is 15.0 Å². The topological polar surface area (TPSA) is 87.5 Å². The first-order valence-corrected chi connectivity index (χ1v) is 11.1. The molecule has 28 heavy (non-hydrogen) atoms. The third-order valence-corrected chi connectivity index (χ3v) is 6.41. The lowest BCUT2D eigenvalue weighted by atomic mass is 9.85. The molecule has 0 radical (unpaired) electrons. The molecule has 1 unspecified atom stereocenters. The number of hydrogen-bond donors (Lipinski definition) is 1. The van der Waals surface area contributed by atoms with Gasteiger partial charge in [-0.15, -0.1) is 0 Å². The van der Waals surface area contributed by atoms with Gasteiger partial charge in [-0.05, 0) is 81.7 Å². The van der Waals surface area contributed by atoms with Gasteiger partial charge in [-0.3, -0.25) is 0 Å². The third kappa shape index (κ3) is 7.07. The van der Waals surface area contributed by atoms with Crippen molar-refractivity contribution in [2.75, 3.05) is 6.54 Å². The van der Waals surface area contributed by atoms with Gasteiger partial charge < -0.3 is 14.6 Å². The van der Waals surface area contributed by atoms with E-state index < -0.39 is 5.79 Å². The molecule has 6 heteroatoms. The lowest BCUT2D eigenvalue weighted by Gasteiger charge is -2.48. The molecule has 160 valence electrons. The second-order valence-electron chi connectivity index (χ2n) is 8.95. The van der Waals surface area contributed by atoms with E-state index in [0.717, 1.165) is 63.4 Å². The highest BCUT2D eigenvalue weighted by molar-refractivity contribution is 5.04. The highest BCUT2D eigenvalue weighted by Crippen LogP contribution is 2.43. The van der Waals surface area contributed by atoms with E-state index in [0.29, 0.717) is 18.4 Å². The summed E-state index contributed by atoms with van der Waals surface area (Å²) in [5.41, 5.74) is 9.48. The van der Waals surface area contributed by atoms with Crippen LogP contribution >= 0.6 is 0 Å². The van der Waals surface area contributed by atoms with Gasteiger partial charge in [0.05, 0.1) is 18.3 Å². The van der Waals surface area contributed by atoms with Crippen molar-refractivity contribution < 1.29 is 14.6 Å². The highest BCUT2D eigenvalue weighted by Gasteiger charge is 2.44. The van der Waals surface area contributed by atoms with Gasteiger partial charge in [0.25, 0.3) is 0 Å². The van der Waals surface area contributed by atoms with Gasteiger partial charge in [0.1, 0.15) is 0 Å². The monoisotopic (exact) mass is 393 g/mol. The van der Waals surface area contributed by atoms with Crippen molar-refractivity contribution in [1.29, 1.82) is 0 Å². The van der Waals surface area contributed by atoms with Crippen molar-refractivity contribution in [2.24, 2.45) is 17.0 Å². The second-order valence-corrected chi connectivity index (χ2v) is 8.95. The summed E-state index contributed by atoms with van der Waals surface area (Å²) in [7, 11) is 0. The zero-order valence-electron chi connectivity index (χ0n) is 18.1. The number of aliphatic hydroxyl groups excluding tert-OH is 1. The van der Waals surface area contributed by atoms with Gasteiger partial charge in [0.15, 0.2) is 5.79 Å². The summed E-state index contributed by atoms with van der Waals surface area (Å²) in [4.78, 5) is 2.83. The first-order valence-electron chi connectivity index (χ1n) is 11.1. The van der Waals surface area contributed by atoms with Gasteiger partial charge in [0.2, 0.25) is 0 Å². The number of azide groups is 1. The van der Waals surface area contributed by atoms with E-state index >= 15 is 0 Å². The third-order valence-electron chi connectivity index (χ3n) is 6.41. The summed E-state index contributed by atoms with van der Waals surface area (Å²) in [6, 6.07) is 0. The van der Waals surface area contributed by atoms with Crippen LogP contribution in [0.15, 0.2) is 16.8 Å². The number of allylic oxidation sites excluding steroid dienone is 1. The Bertz CT molecular complexity index is 559. The molecule has 2 fully saturated rings. The fourth-order valence-corrected chi connectivity index (χ4v) is 4.45. The summed E-state index contributed by atoms with van der Waals surface area (Å²) in [5.74, 6) is 0.554. The van der Waals surface area contributed by atoms with Crippen molar-refractivity contribution >= 4 is 0 Å². The Labute approximate surface area is 170 Å². The predicted molar refractivity (Wildman–Crippen MR) is 112 cm³/mol. The van der Waals surface area contributed by atoms with Crippen molar-refractivity contribution in [3.05, 3.63) is 22.1 Å². The van der Waals surface area contributed by atoms with Crippen LogP contribution in [-0.4, -0.2) is 35.8 Å². The van der Waals surface area contributed by atoms with Crippen molar-refractivity contribution in [3.63, 3.8) is 0 Å². The van der Waals surface area contributed by atoms with E-state index in [1.165, 1.54) is 0 Å². The Morgan fingerprint density at radius 2 is 2.07 bits per heavy atom. The number of rotatable bonds is 9. The molecule has 6 atom stereocenters. The first-order chi connectivity index (χ1) is 13.3. The van der Waals surface area contributed by atoms with E-state index in [1.54, 1.807) is 0 Å². The number of nitrogens with zero attached hydrogens (tertiary/aromatic N) is 3. The maximum atomic E-state index is 9.66. The van der Waals surface area contributed by atoms with Crippen molar-refractivity contribution in [1.82, 2.24) is 0 Å². The van der Waals surface area contributed by atoms with Crippen LogP contribution in [0.2, 0.25) is 0 Å². The van der Waals surface area contributed by atoms with E-state index in [9.17, 15) is 5.11 Å². The Hall–Kier alpha value is -1.07. The van der Waals surface area contributed by atoms with E-state index in [1.807, 2.05) is 13.8 Å². The zero-order chi connectivity index (χ0) is 20.6. The van der Waals surface area contributed by atoms with Crippen LogP contribution in [0.1, 0.15) is 85.5 Å². The molecule has 0 bridgehead atoms. The van der Waals surface area contributed by atoms with Crippen LogP contribution in [0.25, 0.3) is 10.4 Å². The Kier molecular flexibility index (Phi) is 9.29. The molecule has 1 N–H and O–H groups in total. The van der Waals surface area contributed by atoms with Crippen molar-refractivity contribution in [2.45, 2.75) is 110 Å². The van der Waals surface area contributed by atoms with Crippen LogP contribution < -0.4 is 0 Å². The van der Waals surface area contributed by atoms with Crippen LogP contribution in [0.4, 0.5) is 0 Å². The number of ether oxygens (including phenoxy) is 2. The number of hydrogen-bond acceptors (Lipinski definition) is 4. The molecule has 0 aromatic rings. The molecule has 2 saturated heterocycles. The Morgan fingerprint density at radius 1 is 1.29 bits per heavy atom. The molecule has 2 aliphatic heterocycles. The maximum absolute atomic E-state index is 9.66. The van der Waals surface area contributed by atoms with E-state index in [2.05, 4.69) is 29.9 Å². The standard InChI is InChI=1S/C22H39N3O3/c1-16(15-18(3)19(4)26)9-10-20-7-5-12-22(27-20)13-11-17(2)21(28-22)8-6-14-24-25-23/h15-17,19-21,26H,5-14H2,1-4H3/b18-15+/t16-,17+,19?,20+,21-,22+/m1/s1. The quantitative estimate of drug-likeness (QED) is 0.174. The zero-order valence-corrected chi connectivity index (χ0v) is 18.1. The summed E-state index contributed by atoms with van der Waals surface area (Å²) >= 11 is 0. The fraction of sp³-hybridized carbons (Fsp3) is 0.909. The largest absolute Gasteiger partial charge is 0.389 e. The Morgan fingerprint density at radius 3 is 2.79 bits per heavy atom. The van der Waals surface area contributed by atoms with Crippen LogP contribution in [0.5, 0.6) is 0 Å². The smallest absolute Gasteiger partial charge is 0.169 e. The lowest BCUT2D eigenvalue weighted by Crippen LogP contribution is -2.50. The minimum absolute atomic E-state index is 0.192. The first kappa shape index (κ1) is 23.2. The molecule has 0 aliphatic carbocycles. The average Bonchev–Trinajstić information content (AvgIpc) is 2.66. The molecule has 1 spiro atoms. The minimum atomic E-state index is -0.410. The normalized spacial score (nSPS) is 33.3. The molecule has 2 rings (SSSR count). The molecule has 2 heterocycles. The molecular formula is C22H39N3O3. The molecule has 0 aromatic heterocycles. The summed E-state index contributed by atoms with van der Waals surface area (Å²) in [6.45, 7) is 8.81. The molecular weight excluding hydrogens is 354 g/mol. The number of aliphatic hydroxyl groups is 1. The van der Waals surface area contributed by atoms with Crippen molar-refractivity contribution in [3.8, 4) is 0 Å². The maximum Gasteiger partial charge on any atom is 0.169 e. The average molecular weight is 394 g/mol. The van der Waals surface area contributed by atoms with Crippen LogP contribution in [-0.2, 0) is 9.47 Å². The summed E-state index contributed by atoms with van der Waals surface area (Å²) < 4.78 is 13.1. The predicted octanol–water partition coefficient (Wildman–Crippen LogP) is 5.90.